The fourth-order valence-electron chi connectivity index (χ4n) is 2.13. The van der Waals surface area contributed by atoms with Crippen molar-refractivity contribution >= 4 is 13.6 Å². The molecule has 1 aliphatic rings. The molecule has 0 saturated carbocycles. The van der Waals surface area contributed by atoms with Crippen LogP contribution in [0.5, 0.6) is 0 Å². The highest BCUT2D eigenvalue weighted by Crippen LogP contribution is 2.60. The van der Waals surface area contributed by atoms with Gasteiger partial charge in [0.05, 0.1) is 6.61 Å². The highest BCUT2D eigenvalue weighted by Gasteiger charge is 2.54. The van der Waals surface area contributed by atoms with E-state index in [1.54, 1.807) is 44.2 Å². The highest BCUT2D eigenvalue weighted by atomic mass is 31.2. The Morgan fingerprint density at radius 1 is 1.42 bits per heavy atom. The summed E-state index contributed by atoms with van der Waals surface area (Å²) in [5, 5.41) is 0. The number of ether oxygens (including phenoxy) is 1. The van der Waals surface area contributed by atoms with Gasteiger partial charge in [0.1, 0.15) is 0 Å². The second kappa shape index (κ2) is 4.93. The Kier molecular flexibility index (Phi) is 3.63. The summed E-state index contributed by atoms with van der Waals surface area (Å²) in [4.78, 5) is 21.9. The molecule has 1 unspecified atom stereocenters. The molecule has 0 bridgehead atoms. The van der Waals surface area contributed by atoms with Gasteiger partial charge in [-0.05, 0) is 25.0 Å². The first-order valence-electron chi connectivity index (χ1n) is 5.88. The number of esters is 1. The van der Waals surface area contributed by atoms with Crippen LogP contribution in [0.2, 0.25) is 0 Å². The molecule has 0 radical (unpaired) electrons. The van der Waals surface area contributed by atoms with Gasteiger partial charge < -0.3 is 9.63 Å². The first kappa shape index (κ1) is 14.0. The van der Waals surface area contributed by atoms with Crippen LogP contribution in [0.4, 0.5) is 0 Å². The summed E-state index contributed by atoms with van der Waals surface area (Å²) >= 11 is 0. The van der Waals surface area contributed by atoms with Gasteiger partial charge in [0, 0.05) is 5.82 Å². The van der Waals surface area contributed by atoms with Crippen molar-refractivity contribution in [2.24, 2.45) is 0 Å². The van der Waals surface area contributed by atoms with Crippen LogP contribution in [-0.4, -0.2) is 17.5 Å². The third kappa shape index (κ3) is 2.37. The molecule has 1 N–H and O–H groups in total. The molecule has 0 fully saturated rings. The lowest BCUT2D eigenvalue weighted by Crippen LogP contribution is -2.38. The van der Waals surface area contributed by atoms with Crippen molar-refractivity contribution in [2.45, 2.75) is 19.4 Å². The fraction of sp³-hybridized carbons (Fsp3) is 0.308. The molecule has 0 amide bonds. The molecular formula is C13H15O5P. The number of hydrogen-bond acceptors (Lipinski definition) is 4. The van der Waals surface area contributed by atoms with E-state index in [1.165, 1.54) is 0 Å². The predicted molar refractivity (Wildman–Crippen MR) is 69.4 cm³/mol. The van der Waals surface area contributed by atoms with Crippen molar-refractivity contribution < 1.29 is 23.5 Å². The van der Waals surface area contributed by atoms with E-state index >= 15 is 0 Å². The quantitative estimate of drug-likeness (QED) is 0.681. The zero-order valence-electron chi connectivity index (χ0n) is 10.7. The summed E-state index contributed by atoms with van der Waals surface area (Å²) < 4.78 is 22.0. The summed E-state index contributed by atoms with van der Waals surface area (Å²) in [5.41, 5.74) is -0.779. The van der Waals surface area contributed by atoms with Gasteiger partial charge in [0.2, 0.25) is 5.60 Å². The van der Waals surface area contributed by atoms with E-state index < -0.39 is 19.2 Å². The third-order valence-electron chi connectivity index (χ3n) is 2.92. The second-order valence-corrected chi connectivity index (χ2v) is 5.80. The molecule has 1 heterocycles. The summed E-state index contributed by atoms with van der Waals surface area (Å²) in [5.74, 6) is 0.415. The van der Waals surface area contributed by atoms with Crippen molar-refractivity contribution in [3.8, 4) is 0 Å². The Labute approximate surface area is 111 Å². The standard InChI is InChI=1S/C13H15O5P/c1-3-17-12(14)13(11-7-5-4-6-8-11)10(2)9-19(15,16)18-13/h4-9H,3H2,1-2H3,(H,15,16)/t13-/m1/s1. The van der Waals surface area contributed by atoms with Crippen LogP contribution in [-0.2, 0) is 24.2 Å². The Bertz CT molecular complexity index is 566. The van der Waals surface area contributed by atoms with Crippen molar-refractivity contribution in [2.75, 3.05) is 6.61 Å². The van der Waals surface area contributed by atoms with Gasteiger partial charge in [0.15, 0.2) is 0 Å². The SMILES string of the molecule is CCOC(=O)[C@@]1(c2ccccc2)OP(=O)(O)C=C1C. The van der Waals surface area contributed by atoms with Crippen LogP contribution in [0.25, 0.3) is 0 Å². The molecule has 0 spiro atoms. The predicted octanol–water partition coefficient (Wildman–Crippen LogP) is 2.56. The van der Waals surface area contributed by atoms with E-state index in [9.17, 15) is 14.3 Å². The van der Waals surface area contributed by atoms with E-state index in [1.807, 2.05) is 0 Å². The summed E-state index contributed by atoms with van der Waals surface area (Å²) in [6.07, 6.45) is 0. The maximum Gasteiger partial charge on any atom is 0.353 e. The average molecular weight is 282 g/mol. The number of benzene rings is 1. The maximum absolute atomic E-state index is 12.2. The highest BCUT2D eigenvalue weighted by molar-refractivity contribution is 7.56. The van der Waals surface area contributed by atoms with Crippen LogP contribution in [0.3, 0.4) is 0 Å². The summed E-state index contributed by atoms with van der Waals surface area (Å²) in [6.45, 7) is 3.42. The lowest BCUT2D eigenvalue weighted by molar-refractivity contribution is -0.159. The molecule has 1 aromatic carbocycles. The molecule has 0 aliphatic carbocycles. The Morgan fingerprint density at radius 2 is 2.05 bits per heavy atom. The monoisotopic (exact) mass is 282 g/mol. The lowest BCUT2D eigenvalue weighted by Gasteiger charge is -2.28. The van der Waals surface area contributed by atoms with E-state index in [0.29, 0.717) is 11.1 Å². The maximum atomic E-state index is 12.2. The zero-order chi connectivity index (χ0) is 14.1. The summed E-state index contributed by atoms with van der Waals surface area (Å²) in [7, 11) is -3.93. The molecule has 1 aromatic rings. The third-order valence-corrected chi connectivity index (χ3v) is 4.17. The van der Waals surface area contributed by atoms with Gasteiger partial charge in [-0.2, -0.15) is 0 Å². The smallest absolute Gasteiger partial charge is 0.353 e. The minimum atomic E-state index is -3.93. The van der Waals surface area contributed by atoms with Crippen molar-refractivity contribution in [3.63, 3.8) is 0 Å². The molecule has 0 aromatic heterocycles. The van der Waals surface area contributed by atoms with Gasteiger partial charge in [-0.3, -0.25) is 9.09 Å². The van der Waals surface area contributed by atoms with Gasteiger partial charge in [-0.1, -0.05) is 30.3 Å². The molecule has 1 aliphatic heterocycles. The van der Waals surface area contributed by atoms with E-state index in [0.717, 1.165) is 5.82 Å². The largest absolute Gasteiger partial charge is 0.463 e. The van der Waals surface area contributed by atoms with Crippen LogP contribution in [0.15, 0.2) is 41.7 Å². The molecule has 6 heteroatoms. The van der Waals surface area contributed by atoms with Crippen molar-refractivity contribution in [3.05, 3.63) is 47.3 Å². The minimum Gasteiger partial charge on any atom is -0.463 e. The molecule has 2 rings (SSSR count). The van der Waals surface area contributed by atoms with Crippen LogP contribution < -0.4 is 0 Å². The van der Waals surface area contributed by atoms with E-state index in [-0.39, 0.29) is 6.61 Å². The molecule has 0 saturated heterocycles. The van der Waals surface area contributed by atoms with Crippen molar-refractivity contribution in [1.29, 1.82) is 0 Å². The normalized spacial score (nSPS) is 29.9. The van der Waals surface area contributed by atoms with E-state index in [4.69, 9.17) is 9.26 Å². The van der Waals surface area contributed by atoms with Gasteiger partial charge in [0.25, 0.3) is 0 Å². The minimum absolute atomic E-state index is 0.166. The van der Waals surface area contributed by atoms with Crippen LogP contribution in [0, 0.1) is 0 Å². The fourth-order valence-corrected chi connectivity index (χ4v) is 3.57. The van der Waals surface area contributed by atoms with Gasteiger partial charge in [-0.25, -0.2) is 4.79 Å². The van der Waals surface area contributed by atoms with Gasteiger partial charge in [-0.15, -0.1) is 0 Å². The second-order valence-electron chi connectivity index (χ2n) is 4.24. The molecule has 5 nitrogen and oxygen atoms in total. The molecule has 19 heavy (non-hydrogen) atoms. The first-order valence-corrected chi connectivity index (χ1v) is 7.53. The Hall–Kier alpha value is -1.42. The molecular weight excluding hydrogens is 267 g/mol. The average Bonchev–Trinajstić information content (AvgIpc) is 2.61. The number of rotatable bonds is 3. The Morgan fingerprint density at radius 3 is 2.53 bits per heavy atom. The zero-order valence-corrected chi connectivity index (χ0v) is 11.6. The molecule has 2 atom stereocenters. The topological polar surface area (TPSA) is 72.8 Å². The first-order chi connectivity index (χ1) is 8.92. The lowest BCUT2D eigenvalue weighted by atomic mass is 9.88. The number of carbonyl (C=O) groups excluding carboxylic acids is 1. The van der Waals surface area contributed by atoms with Crippen molar-refractivity contribution in [1.82, 2.24) is 0 Å². The van der Waals surface area contributed by atoms with Gasteiger partial charge >= 0.3 is 13.6 Å². The Balaban J connectivity index is 2.57. The number of hydrogen-bond donors (Lipinski definition) is 1. The summed E-state index contributed by atoms with van der Waals surface area (Å²) in [6, 6.07) is 8.58. The number of carbonyl (C=O) groups is 1. The van der Waals surface area contributed by atoms with E-state index in [2.05, 4.69) is 0 Å². The van der Waals surface area contributed by atoms with Crippen LogP contribution in [0.1, 0.15) is 19.4 Å². The van der Waals surface area contributed by atoms with Crippen LogP contribution >= 0.6 is 7.60 Å². The molecule has 102 valence electrons.